The first-order chi connectivity index (χ1) is 16.1. The second-order valence-corrected chi connectivity index (χ2v) is 11.0. The molecule has 0 radical (unpaired) electrons. The second-order valence-electron chi connectivity index (χ2n) is 9.13. The summed E-state index contributed by atoms with van der Waals surface area (Å²) >= 11 is 0. The van der Waals surface area contributed by atoms with Gasteiger partial charge in [0.15, 0.2) is 0 Å². The van der Waals surface area contributed by atoms with E-state index in [9.17, 15) is 8.42 Å². The Labute approximate surface area is 196 Å². The largest absolute Gasteiger partial charge is 0.369 e. The van der Waals surface area contributed by atoms with Gasteiger partial charge in [0.1, 0.15) is 0 Å². The topological polar surface area (TPSA) is 56.8 Å². The molecule has 5 rings (SSSR count). The van der Waals surface area contributed by atoms with E-state index in [1.807, 2.05) is 12.1 Å². The third-order valence-corrected chi connectivity index (χ3v) is 9.10. The number of hydrogen-bond acceptors (Lipinski definition) is 5. The van der Waals surface area contributed by atoms with Crippen LogP contribution in [0.2, 0.25) is 0 Å². The molecule has 2 saturated heterocycles. The molecule has 3 heterocycles. The summed E-state index contributed by atoms with van der Waals surface area (Å²) in [6, 6.07) is 19.6. The predicted molar refractivity (Wildman–Crippen MR) is 133 cm³/mol. The summed E-state index contributed by atoms with van der Waals surface area (Å²) in [6.07, 6.45) is 4.72. The van der Waals surface area contributed by atoms with E-state index >= 15 is 0 Å². The Kier molecular flexibility index (Phi) is 6.62. The fourth-order valence-electron chi connectivity index (χ4n) is 5.11. The molecule has 0 N–H and O–H groups in total. The molecule has 0 spiro atoms. The number of piperidine rings is 1. The number of aromatic nitrogens is 1. The van der Waals surface area contributed by atoms with Gasteiger partial charge in [-0.3, -0.25) is 9.88 Å². The molecule has 1 aromatic heterocycles. The maximum absolute atomic E-state index is 13.3. The average Bonchev–Trinajstić information content (AvgIpc) is 2.88. The Balaban J connectivity index is 1.12. The molecule has 0 amide bonds. The van der Waals surface area contributed by atoms with Crippen molar-refractivity contribution in [1.29, 1.82) is 0 Å². The van der Waals surface area contributed by atoms with Crippen molar-refractivity contribution in [3.8, 4) is 0 Å². The highest BCUT2D eigenvalue weighted by Crippen LogP contribution is 2.29. The fourth-order valence-corrected chi connectivity index (χ4v) is 6.78. The quantitative estimate of drug-likeness (QED) is 0.555. The van der Waals surface area contributed by atoms with Gasteiger partial charge in [-0.15, -0.1) is 0 Å². The number of fused-ring (bicyclic) bond motifs is 1. The highest BCUT2D eigenvalue weighted by atomic mass is 32.2. The Morgan fingerprint density at radius 1 is 0.818 bits per heavy atom. The Morgan fingerprint density at radius 2 is 1.58 bits per heavy atom. The van der Waals surface area contributed by atoms with E-state index in [-0.39, 0.29) is 0 Å². The van der Waals surface area contributed by atoms with Crippen molar-refractivity contribution in [3.63, 3.8) is 0 Å². The first-order valence-corrected chi connectivity index (χ1v) is 13.4. The SMILES string of the molecule is O=S(=O)(c1cccc2ncccc12)N1CCC(CCN2CCN(c3ccccc3)CC2)CC1. The van der Waals surface area contributed by atoms with Gasteiger partial charge in [-0.1, -0.05) is 24.3 Å². The highest BCUT2D eigenvalue weighted by Gasteiger charge is 2.31. The zero-order valence-corrected chi connectivity index (χ0v) is 19.8. The lowest BCUT2D eigenvalue weighted by molar-refractivity contribution is 0.206. The number of para-hydroxylation sites is 1. The molecule has 33 heavy (non-hydrogen) atoms. The van der Waals surface area contributed by atoms with E-state index in [1.165, 1.54) is 5.69 Å². The second kappa shape index (κ2) is 9.79. The van der Waals surface area contributed by atoms with Gasteiger partial charge in [0.05, 0.1) is 10.4 Å². The number of rotatable bonds is 6. The summed E-state index contributed by atoms with van der Waals surface area (Å²) in [5, 5.41) is 0.705. The van der Waals surface area contributed by atoms with Crippen LogP contribution in [-0.2, 0) is 10.0 Å². The average molecular weight is 465 g/mol. The van der Waals surface area contributed by atoms with E-state index in [2.05, 4.69) is 45.1 Å². The Hall–Kier alpha value is -2.48. The van der Waals surface area contributed by atoms with E-state index in [4.69, 9.17) is 0 Å². The molecular formula is C26H32N4O2S. The van der Waals surface area contributed by atoms with E-state index < -0.39 is 10.0 Å². The minimum atomic E-state index is -3.50. The molecule has 6 nitrogen and oxygen atoms in total. The minimum absolute atomic E-state index is 0.378. The molecular weight excluding hydrogens is 432 g/mol. The van der Waals surface area contributed by atoms with Crippen LogP contribution in [0.4, 0.5) is 5.69 Å². The van der Waals surface area contributed by atoms with E-state index in [0.29, 0.717) is 29.3 Å². The molecule has 0 atom stereocenters. The molecule has 0 bridgehead atoms. The molecule has 2 aliphatic rings. The molecule has 2 aromatic carbocycles. The van der Waals surface area contributed by atoms with Gasteiger partial charge >= 0.3 is 0 Å². The van der Waals surface area contributed by atoms with Gasteiger partial charge in [0.2, 0.25) is 10.0 Å². The van der Waals surface area contributed by atoms with Gasteiger partial charge in [0, 0.05) is 56.5 Å². The van der Waals surface area contributed by atoms with Crippen LogP contribution in [0.3, 0.4) is 0 Å². The summed E-state index contributed by atoms with van der Waals surface area (Å²) in [5.74, 6) is 0.595. The molecule has 3 aromatic rings. The van der Waals surface area contributed by atoms with Crippen LogP contribution in [0.1, 0.15) is 19.3 Å². The lowest BCUT2D eigenvalue weighted by Gasteiger charge is -2.37. The number of piperazine rings is 1. The molecule has 0 unspecified atom stereocenters. The van der Waals surface area contributed by atoms with Crippen LogP contribution in [0, 0.1) is 5.92 Å². The summed E-state index contributed by atoms with van der Waals surface area (Å²) in [7, 11) is -3.50. The third-order valence-electron chi connectivity index (χ3n) is 7.14. The summed E-state index contributed by atoms with van der Waals surface area (Å²) in [6.45, 7) is 6.64. The van der Waals surface area contributed by atoms with Gasteiger partial charge in [-0.05, 0) is 68.1 Å². The van der Waals surface area contributed by atoms with Gasteiger partial charge in [0.25, 0.3) is 0 Å². The zero-order valence-electron chi connectivity index (χ0n) is 19.0. The number of benzene rings is 2. The van der Waals surface area contributed by atoms with Gasteiger partial charge in [-0.2, -0.15) is 4.31 Å². The third kappa shape index (κ3) is 4.90. The number of nitrogens with zero attached hydrogens (tertiary/aromatic N) is 4. The Morgan fingerprint density at radius 3 is 2.33 bits per heavy atom. The van der Waals surface area contributed by atoms with Crippen molar-refractivity contribution in [1.82, 2.24) is 14.2 Å². The van der Waals surface area contributed by atoms with Crippen molar-refractivity contribution in [3.05, 3.63) is 66.9 Å². The summed E-state index contributed by atoms with van der Waals surface area (Å²) < 4.78 is 28.4. The van der Waals surface area contributed by atoms with E-state index in [1.54, 1.807) is 28.7 Å². The summed E-state index contributed by atoms with van der Waals surface area (Å²) in [4.78, 5) is 9.71. The fraction of sp³-hybridized carbons (Fsp3) is 0.423. The van der Waals surface area contributed by atoms with E-state index in [0.717, 1.165) is 57.5 Å². The number of hydrogen-bond donors (Lipinski definition) is 0. The lowest BCUT2D eigenvalue weighted by atomic mass is 9.94. The highest BCUT2D eigenvalue weighted by molar-refractivity contribution is 7.89. The maximum Gasteiger partial charge on any atom is 0.243 e. The standard InChI is InChI=1S/C26H32N4O2S/c31-33(32,26-10-4-9-25-24(26)8-5-14-27-25)30-16-12-22(13-17-30)11-15-28-18-20-29(21-19-28)23-6-2-1-3-7-23/h1-10,14,22H,11-13,15-21H2. The number of anilines is 1. The van der Waals surface area contributed by atoms with Crippen LogP contribution in [-0.4, -0.2) is 68.4 Å². The molecule has 174 valence electrons. The van der Waals surface area contributed by atoms with Crippen molar-refractivity contribution in [2.75, 3.05) is 50.7 Å². The normalized spacial score (nSPS) is 19.2. The molecule has 2 aliphatic heterocycles. The van der Waals surface area contributed by atoms with Crippen LogP contribution < -0.4 is 4.90 Å². The first-order valence-electron chi connectivity index (χ1n) is 12.0. The van der Waals surface area contributed by atoms with Crippen LogP contribution in [0.25, 0.3) is 10.9 Å². The summed E-state index contributed by atoms with van der Waals surface area (Å²) in [5.41, 5.74) is 2.04. The number of pyridine rings is 1. The van der Waals surface area contributed by atoms with Crippen LogP contribution in [0.15, 0.2) is 71.8 Å². The molecule has 2 fully saturated rings. The van der Waals surface area contributed by atoms with Crippen LogP contribution >= 0.6 is 0 Å². The maximum atomic E-state index is 13.3. The Bertz CT molecular complexity index is 1160. The van der Waals surface area contributed by atoms with Crippen molar-refractivity contribution in [2.24, 2.45) is 5.92 Å². The van der Waals surface area contributed by atoms with Crippen molar-refractivity contribution >= 4 is 26.6 Å². The van der Waals surface area contributed by atoms with Crippen LogP contribution in [0.5, 0.6) is 0 Å². The predicted octanol–water partition coefficient (Wildman–Crippen LogP) is 3.85. The molecule has 7 heteroatoms. The smallest absolute Gasteiger partial charge is 0.243 e. The minimum Gasteiger partial charge on any atom is -0.369 e. The van der Waals surface area contributed by atoms with Gasteiger partial charge in [-0.25, -0.2) is 8.42 Å². The first kappa shape index (κ1) is 22.3. The zero-order chi connectivity index (χ0) is 22.7. The molecule has 0 aliphatic carbocycles. The molecule has 0 saturated carbocycles. The van der Waals surface area contributed by atoms with Crippen molar-refractivity contribution < 1.29 is 8.42 Å². The van der Waals surface area contributed by atoms with Crippen molar-refractivity contribution in [2.45, 2.75) is 24.2 Å². The lowest BCUT2D eigenvalue weighted by Crippen LogP contribution is -2.47. The monoisotopic (exact) mass is 464 g/mol. The number of sulfonamides is 1. The van der Waals surface area contributed by atoms with Gasteiger partial charge < -0.3 is 4.90 Å².